The zero-order chi connectivity index (χ0) is 25.1. The Balaban J connectivity index is 1.56. The summed E-state index contributed by atoms with van der Waals surface area (Å²) in [6, 6.07) is 13.4. The molecule has 0 amide bonds. The summed E-state index contributed by atoms with van der Waals surface area (Å²) in [4.78, 5) is 22.2. The van der Waals surface area contributed by atoms with E-state index in [2.05, 4.69) is 34.4 Å². The number of aryl methyl sites for hydroxylation is 1. The highest BCUT2D eigenvalue weighted by Crippen LogP contribution is 2.36. The first-order valence-electron chi connectivity index (χ1n) is 12.8. The molecule has 6 heteroatoms. The van der Waals surface area contributed by atoms with Crippen LogP contribution in [0.4, 0.5) is 4.39 Å². The van der Waals surface area contributed by atoms with Gasteiger partial charge in [-0.3, -0.25) is 14.8 Å². The van der Waals surface area contributed by atoms with E-state index in [4.69, 9.17) is 4.74 Å². The zero-order valence-electron chi connectivity index (χ0n) is 20.9. The molecule has 0 spiro atoms. The lowest BCUT2D eigenvalue weighted by molar-refractivity contribution is 0.0982. The second-order valence-electron chi connectivity index (χ2n) is 9.96. The van der Waals surface area contributed by atoms with Crippen molar-refractivity contribution in [2.24, 2.45) is 0 Å². The summed E-state index contributed by atoms with van der Waals surface area (Å²) in [5, 5.41) is 0.927. The number of hydrogen-bond acceptors (Lipinski definition) is 4. The molecule has 0 N–H and O–H groups in total. The van der Waals surface area contributed by atoms with Gasteiger partial charge in [-0.1, -0.05) is 19.9 Å². The average Bonchev–Trinajstić information content (AvgIpc) is 3.49. The van der Waals surface area contributed by atoms with Crippen LogP contribution in [0, 0.1) is 5.82 Å². The van der Waals surface area contributed by atoms with Gasteiger partial charge in [-0.2, -0.15) is 0 Å². The Morgan fingerprint density at radius 3 is 2.69 bits per heavy atom. The van der Waals surface area contributed by atoms with Crippen molar-refractivity contribution in [3.05, 3.63) is 89.4 Å². The van der Waals surface area contributed by atoms with Crippen molar-refractivity contribution in [2.75, 3.05) is 0 Å². The molecule has 1 aromatic carbocycles. The van der Waals surface area contributed by atoms with Crippen LogP contribution in [0.15, 0.2) is 61.1 Å². The van der Waals surface area contributed by atoms with Gasteiger partial charge in [-0.25, -0.2) is 4.39 Å². The van der Waals surface area contributed by atoms with E-state index in [1.807, 2.05) is 30.3 Å². The third kappa shape index (κ3) is 5.18. The second kappa shape index (κ2) is 10.6. The van der Waals surface area contributed by atoms with E-state index in [-0.39, 0.29) is 30.0 Å². The molecule has 1 aliphatic rings. The van der Waals surface area contributed by atoms with Gasteiger partial charge in [0.2, 0.25) is 0 Å². The molecule has 5 rings (SSSR count). The smallest absolute Gasteiger partial charge is 0.165 e. The Morgan fingerprint density at radius 1 is 1.14 bits per heavy atom. The minimum Gasteiger partial charge on any atom is -0.490 e. The van der Waals surface area contributed by atoms with Gasteiger partial charge in [0.15, 0.2) is 5.78 Å². The van der Waals surface area contributed by atoms with E-state index in [0.29, 0.717) is 13.0 Å². The fourth-order valence-corrected chi connectivity index (χ4v) is 5.31. The van der Waals surface area contributed by atoms with Crippen LogP contribution in [0.1, 0.15) is 79.2 Å². The van der Waals surface area contributed by atoms with Crippen molar-refractivity contribution in [1.82, 2.24) is 14.5 Å². The summed E-state index contributed by atoms with van der Waals surface area (Å²) in [6.45, 7) is 4.80. The molecular formula is C30H32FN3O2. The lowest BCUT2D eigenvalue weighted by Crippen LogP contribution is -2.12. The molecule has 36 heavy (non-hydrogen) atoms. The average molecular weight is 486 g/mol. The molecule has 4 aromatic rings. The van der Waals surface area contributed by atoms with Crippen LogP contribution in [0.25, 0.3) is 10.9 Å². The summed E-state index contributed by atoms with van der Waals surface area (Å²) < 4.78 is 22.2. The number of aromatic nitrogens is 3. The van der Waals surface area contributed by atoms with Gasteiger partial charge in [-0.05, 0) is 73.9 Å². The summed E-state index contributed by atoms with van der Waals surface area (Å²) in [6.07, 6.45) is 10.2. The van der Waals surface area contributed by atoms with Gasteiger partial charge >= 0.3 is 0 Å². The van der Waals surface area contributed by atoms with Crippen LogP contribution >= 0.6 is 0 Å². The Bertz CT molecular complexity index is 1360. The van der Waals surface area contributed by atoms with Crippen molar-refractivity contribution in [3.63, 3.8) is 0 Å². The molecule has 1 aliphatic carbocycles. The van der Waals surface area contributed by atoms with Crippen LogP contribution in [-0.2, 0) is 13.0 Å². The molecule has 3 aromatic heterocycles. The van der Waals surface area contributed by atoms with Gasteiger partial charge in [0.05, 0.1) is 30.1 Å². The minimum atomic E-state index is -0.385. The Hall–Kier alpha value is -3.54. The number of ketones is 1. The number of halogens is 1. The summed E-state index contributed by atoms with van der Waals surface area (Å²) in [5.74, 6) is 0.631. The van der Waals surface area contributed by atoms with Gasteiger partial charge < -0.3 is 9.30 Å². The second-order valence-corrected chi connectivity index (χ2v) is 9.96. The SMILES string of the molecule is CC(C)c1c(C(=O)CCc2cncc(F)c2)c2ccc(OC3CCCC3)cc2n1Cc1ccccn1. The number of benzene rings is 1. The normalized spacial score (nSPS) is 14.1. The summed E-state index contributed by atoms with van der Waals surface area (Å²) in [7, 11) is 0. The molecule has 0 atom stereocenters. The minimum absolute atomic E-state index is 0.0530. The third-order valence-electron chi connectivity index (χ3n) is 6.96. The molecular weight excluding hydrogens is 453 g/mol. The topological polar surface area (TPSA) is 57.0 Å². The Morgan fingerprint density at radius 2 is 1.97 bits per heavy atom. The molecule has 1 fully saturated rings. The van der Waals surface area contributed by atoms with Crippen LogP contribution < -0.4 is 4.74 Å². The molecule has 0 bridgehead atoms. The molecule has 5 nitrogen and oxygen atoms in total. The number of carbonyl (C=O) groups excluding carboxylic acids is 1. The van der Waals surface area contributed by atoms with E-state index in [1.165, 1.54) is 25.1 Å². The van der Waals surface area contributed by atoms with E-state index in [1.54, 1.807) is 12.4 Å². The molecule has 186 valence electrons. The zero-order valence-corrected chi connectivity index (χ0v) is 20.9. The van der Waals surface area contributed by atoms with E-state index >= 15 is 0 Å². The lowest BCUT2D eigenvalue weighted by Gasteiger charge is -2.16. The summed E-state index contributed by atoms with van der Waals surface area (Å²) >= 11 is 0. The lowest BCUT2D eigenvalue weighted by atomic mass is 9.96. The number of ether oxygens (including phenoxy) is 1. The Labute approximate surface area is 211 Å². The van der Waals surface area contributed by atoms with Crippen LogP contribution in [0.5, 0.6) is 5.75 Å². The van der Waals surface area contributed by atoms with E-state index in [9.17, 15) is 9.18 Å². The number of carbonyl (C=O) groups is 1. The predicted molar refractivity (Wildman–Crippen MR) is 139 cm³/mol. The maximum absolute atomic E-state index is 13.7. The van der Waals surface area contributed by atoms with Crippen molar-refractivity contribution < 1.29 is 13.9 Å². The maximum Gasteiger partial charge on any atom is 0.165 e. The standard InChI is InChI=1S/C30H32FN3O2/c1-20(2)30-29(28(35)13-10-21-15-22(31)18-32-17-21)26-12-11-25(36-24-8-3-4-9-24)16-27(26)34(30)19-23-7-5-6-14-33-23/h5-7,11-12,14-18,20,24H,3-4,8-10,13,19H2,1-2H3. The number of nitrogens with zero attached hydrogens (tertiary/aromatic N) is 3. The van der Waals surface area contributed by atoms with Crippen molar-refractivity contribution in [3.8, 4) is 5.75 Å². The van der Waals surface area contributed by atoms with Crippen molar-refractivity contribution >= 4 is 16.7 Å². The maximum atomic E-state index is 13.7. The number of Topliss-reactive ketones (excluding diaryl/α,β-unsaturated/α-hetero) is 1. The third-order valence-corrected chi connectivity index (χ3v) is 6.96. The monoisotopic (exact) mass is 485 g/mol. The van der Waals surface area contributed by atoms with Crippen LogP contribution in [0.3, 0.4) is 0 Å². The highest BCUT2D eigenvalue weighted by molar-refractivity contribution is 6.10. The number of rotatable bonds is 9. The van der Waals surface area contributed by atoms with Crippen LogP contribution in [-0.4, -0.2) is 26.4 Å². The predicted octanol–water partition coefficient (Wildman–Crippen LogP) is 6.88. The first-order chi connectivity index (χ1) is 17.5. The number of pyridine rings is 2. The van der Waals surface area contributed by atoms with Gasteiger partial charge in [0.1, 0.15) is 11.6 Å². The quantitative estimate of drug-likeness (QED) is 0.243. The summed E-state index contributed by atoms with van der Waals surface area (Å²) in [5.41, 5.74) is 4.38. The molecule has 0 aliphatic heterocycles. The van der Waals surface area contributed by atoms with Crippen molar-refractivity contribution in [2.45, 2.75) is 70.9 Å². The molecule has 0 unspecified atom stereocenters. The molecule has 1 saturated carbocycles. The highest BCUT2D eigenvalue weighted by Gasteiger charge is 2.25. The first kappa shape index (κ1) is 24.2. The fraction of sp³-hybridized carbons (Fsp3) is 0.367. The van der Waals surface area contributed by atoms with Crippen molar-refractivity contribution in [1.29, 1.82) is 0 Å². The highest BCUT2D eigenvalue weighted by atomic mass is 19.1. The number of fused-ring (bicyclic) bond motifs is 1. The molecule has 0 saturated heterocycles. The Kier molecular flexibility index (Phi) is 7.12. The van der Waals surface area contributed by atoms with E-state index < -0.39 is 0 Å². The van der Waals surface area contributed by atoms with Gasteiger partial charge in [-0.15, -0.1) is 0 Å². The van der Waals surface area contributed by atoms with Gasteiger partial charge in [0.25, 0.3) is 0 Å². The first-order valence-corrected chi connectivity index (χ1v) is 12.8. The number of hydrogen-bond donors (Lipinski definition) is 0. The molecule has 0 radical (unpaired) electrons. The van der Waals surface area contributed by atoms with Crippen LogP contribution in [0.2, 0.25) is 0 Å². The van der Waals surface area contributed by atoms with E-state index in [0.717, 1.165) is 52.0 Å². The fourth-order valence-electron chi connectivity index (χ4n) is 5.31. The molecule has 3 heterocycles. The largest absolute Gasteiger partial charge is 0.490 e. The van der Waals surface area contributed by atoms with Gasteiger partial charge in [0, 0.05) is 41.5 Å².